The highest BCUT2D eigenvalue weighted by Crippen LogP contribution is 2.30. The number of anilines is 2. The fourth-order valence-electron chi connectivity index (χ4n) is 5.31. The second-order valence-corrected chi connectivity index (χ2v) is 10.2. The zero-order chi connectivity index (χ0) is 28.2. The van der Waals surface area contributed by atoms with E-state index in [9.17, 15) is 19.2 Å². The molecule has 10 nitrogen and oxygen atoms in total. The average Bonchev–Trinajstić information content (AvgIpc) is 3.50. The van der Waals surface area contributed by atoms with Gasteiger partial charge in [0.2, 0.25) is 11.9 Å². The third-order valence-electron chi connectivity index (χ3n) is 7.57. The molecule has 0 unspecified atom stereocenters. The number of amides is 4. The first-order chi connectivity index (χ1) is 19.4. The molecule has 1 aromatic heterocycles. The van der Waals surface area contributed by atoms with Crippen molar-refractivity contribution in [2.75, 3.05) is 23.8 Å². The van der Waals surface area contributed by atoms with Crippen molar-refractivity contribution in [3.63, 3.8) is 0 Å². The maximum Gasteiger partial charge on any atom is 0.257 e. The number of aromatic nitrogens is 2. The quantitative estimate of drug-likeness (QED) is 0.432. The standard InChI is InChI=1S/C30H30N6O4/c1-34(29(40)22-6-3-2-4-7-22)23-12-13-25-24(18-23)32-30(33-28(39)21-10-8-20(19-31)9-11-21)35(25)16-5-17-36-26(37)14-15-27(36)38/h8-15,18,22H,2-7,16-17H2,1H3,(H,32,33,39). The molecule has 3 aromatic rings. The number of hydrogen-bond donors (Lipinski definition) is 1. The predicted octanol–water partition coefficient (Wildman–Crippen LogP) is 4.02. The smallest absolute Gasteiger partial charge is 0.257 e. The van der Waals surface area contributed by atoms with Crippen molar-refractivity contribution in [3.05, 3.63) is 65.7 Å². The highest BCUT2D eigenvalue weighted by Gasteiger charge is 2.26. The van der Waals surface area contributed by atoms with E-state index in [0.717, 1.165) is 36.9 Å². The molecule has 2 aromatic carbocycles. The maximum atomic E-state index is 13.1. The number of imide groups is 1. The Bertz CT molecular complexity index is 1520. The van der Waals surface area contributed by atoms with Crippen molar-refractivity contribution >= 4 is 46.3 Å². The number of carbonyl (C=O) groups is 4. The lowest BCUT2D eigenvalue weighted by Gasteiger charge is -2.26. The molecule has 204 valence electrons. The van der Waals surface area contributed by atoms with Crippen molar-refractivity contribution in [2.45, 2.75) is 45.1 Å². The molecule has 0 atom stereocenters. The highest BCUT2D eigenvalue weighted by atomic mass is 16.2. The molecule has 2 heterocycles. The number of benzene rings is 2. The van der Waals surface area contributed by atoms with Crippen LogP contribution in [0.25, 0.3) is 11.0 Å². The van der Waals surface area contributed by atoms with Crippen molar-refractivity contribution in [1.82, 2.24) is 14.5 Å². The highest BCUT2D eigenvalue weighted by molar-refractivity contribution is 6.12. The minimum absolute atomic E-state index is 0.0276. The Morgan fingerprint density at radius 2 is 1.73 bits per heavy atom. The summed E-state index contributed by atoms with van der Waals surface area (Å²) in [6, 6.07) is 13.9. The Hall–Kier alpha value is -4.78. The molecular formula is C30H30N6O4. The Morgan fingerprint density at radius 1 is 1.02 bits per heavy atom. The number of carbonyl (C=O) groups excluding carboxylic acids is 4. The summed E-state index contributed by atoms with van der Waals surface area (Å²) < 4.78 is 1.84. The van der Waals surface area contributed by atoms with Gasteiger partial charge in [0.25, 0.3) is 17.7 Å². The summed E-state index contributed by atoms with van der Waals surface area (Å²) in [5.41, 5.74) is 2.89. The lowest BCUT2D eigenvalue weighted by molar-refractivity contribution is -0.136. The average molecular weight is 539 g/mol. The van der Waals surface area contributed by atoms with Gasteiger partial charge in [-0.25, -0.2) is 4.98 Å². The fraction of sp³-hybridized carbons (Fsp3) is 0.333. The van der Waals surface area contributed by atoms with Gasteiger partial charge in [0.05, 0.1) is 22.7 Å². The van der Waals surface area contributed by atoms with Gasteiger partial charge < -0.3 is 9.47 Å². The molecule has 5 rings (SSSR count). The van der Waals surface area contributed by atoms with Gasteiger partial charge in [-0.05, 0) is 61.7 Å². The zero-order valence-corrected chi connectivity index (χ0v) is 22.3. The number of nitrogens with one attached hydrogen (secondary N) is 1. The third-order valence-corrected chi connectivity index (χ3v) is 7.57. The summed E-state index contributed by atoms with van der Waals surface area (Å²) in [6.45, 7) is 0.608. The van der Waals surface area contributed by atoms with E-state index in [-0.39, 0.29) is 36.1 Å². The maximum absolute atomic E-state index is 13.1. The predicted molar refractivity (Wildman–Crippen MR) is 149 cm³/mol. The number of hydrogen-bond acceptors (Lipinski definition) is 6. The van der Waals surface area contributed by atoms with E-state index >= 15 is 0 Å². The summed E-state index contributed by atoms with van der Waals surface area (Å²) in [5, 5.41) is 11.9. The zero-order valence-electron chi connectivity index (χ0n) is 22.3. The van der Waals surface area contributed by atoms with E-state index in [1.807, 2.05) is 28.8 Å². The number of imidazole rings is 1. The molecule has 0 spiro atoms. The molecule has 0 radical (unpaired) electrons. The van der Waals surface area contributed by atoms with Crippen LogP contribution in [-0.4, -0.2) is 51.7 Å². The fourth-order valence-corrected chi connectivity index (χ4v) is 5.31. The van der Waals surface area contributed by atoms with Crippen LogP contribution in [0.3, 0.4) is 0 Å². The molecule has 1 aliphatic heterocycles. The van der Waals surface area contributed by atoms with E-state index in [4.69, 9.17) is 5.26 Å². The summed E-state index contributed by atoms with van der Waals surface area (Å²) in [4.78, 5) is 57.7. The molecule has 2 aliphatic rings. The van der Waals surface area contributed by atoms with E-state index < -0.39 is 0 Å². The molecule has 1 aliphatic carbocycles. The van der Waals surface area contributed by atoms with Crippen LogP contribution < -0.4 is 10.2 Å². The van der Waals surface area contributed by atoms with Crippen LogP contribution in [0.4, 0.5) is 11.6 Å². The molecular weight excluding hydrogens is 508 g/mol. The SMILES string of the molecule is CN(C(=O)C1CCCCC1)c1ccc2c(c1)nc(NC(=O)c1ccc(C#N)cc1)n2CCCN1C(=O)C=CC1=O. The van der Waals surface area contributed by atoms with Gasteiger partial charge >= 0.3 is 0 Å². The Morgan fingerprint density at radius 3 is 2.40 bits per heavy atom. The van der Waals surface area contributed by atoms with E-state index in [2.05, 4.69) is 10.3 Å². The third kappa shape index (κ3) is 5.50. The first-order valence-electron chi connectivity index (χ1n) is 13.5. The van der Waals surface area contributed by atoms with Gasteiger partial charge in [-0.1, -0.05) is 19.3 Å². The van der Waals surface area contributed by atoms with Crippen LogP contribution in [0.2, 0.25) is 0 Å². The number of nitriles is 1. The topological polar surface area (TPSA) is 128 Å². The normalized spacial score (nSPS) is 15.4. The number of aryl methyl sites for hydroxylation is 1. The van der Waals surface area contributed by atoms with Gasteiger partial charge in [0.15, 0.2) is 0 Å². The minimum atomic E-state index is -0.389. The summed E-state index contributed by atoms with van der Waals surface area (Å²) in [6.07, 6.45) is 8.08. The minimum Gasteiger partial charge on any atom is -0.315 e. The van der Waals surface area contributed by atoms with Crippen molar-refractivity contribution in [2.24, 2.45) is 5.92 Å². The molecule has 1 fully saturated rings. The molecule has 1 N–H and O–H groups in total. The summed E-state index contributed by atoms with van der Waals surface area (Å²) in [7, 11) is 1.78. The summed E-state index contributed by atoms with van der Waals surface area (Å²) >= 11 is 0. The lowest BCUT2D eigenvalue weighted by Crippen LogP contribution is -2.33. The van der Waals surface area contributed by atoms with Crippen molar-refractivity contribution in [3.8, 4) is 6.07 Å². The Kier molecular flexibility index (Phi) is 7.73. The van der Waals surface area contributed by atoms with Crippen LogP contribution in [-0.2, 0) is 20.9 Å². The van der Waals surface area contributed by atoms with Gasteiger partial charge in [-0.3, -0.25) is 29.4 Å². The Labute approximate surface area is 231 Å². The molecule has 0 saturated heterocycles. The molecule has 0 bridgehead atoms. The van der Waals surface area contributed by atoms with Gasteiger partial charge in [0, 0.05) is 49.5 Å². The second-order valence-electron chi connectivity index (χ2n) is 10.2. The van der Waals surface area contributed by atoms with Crippen LogP contribution in [0.15, 0.2) is 54.6 Å². The van der Waals surface area contributed by atoms with Crippen LogP contribution in [0, 0.1) is 17.2 Å². The van der Waals surface area contributed by atoms with Crippen molar-refractivity contribution < 1.29 is 19.2 Å². The molecule has 10 heteroatoms. The van der Waals surface area contributed by atoms with Crippen LogP contribution >= 0.6 is 0 Å². The van der Waals surface area contributed by atoms with Crippen LogP contribution in [0.1, 0.15) is 54.4 Å². The lowest BCUT2D eigenvalue weighted by atomic mass is 9.88. The van der Waals surface area contributed by atoms with Gasteiger partial charge in [-0.15, -0.1) is 0 Å². The van der Waals surface area contributed by atoms with E-state index in [1.165, 1.54) is 23.5 Å². The number of fused-ring (bicyclic) bond motifs is 1. The van der Waals surface area contributed by atoms with Gasteiger partial charge in [-0.2, -0.15) is 5.26 Å². The van der Waals surface area contributed by atoms with E-state index in [1.54, 1.807) is 36.2 Å². The first kappa shape index (κ1) is 26.8. The molecule has 40 heavy (non-hydrogen) atoms. The largest absolute Gasteiger partial charge is 0.315 e. The summed E-state index contributed by atoms with van der Waals surface area (Å²) in [5.74, 6) is -0.642. The monoisotopic (exact) mass is 538 g/mol. The van der Waals surface area contributed by atoms with Crippen LogP contribution in [0.5, 0.6) is 0 Å². The molecule has 1 saturated carbocycles. The van der Waals surface area contributed by atoms with E-state index in [0.29, 0.717) is 35.6 Å². The van der Waals surface area contributed by atoms with Crippen molar-refractivity contribution in [1.29, 1.82) is 5.26 Å². The molecule has 4 amide bonds. The first-order valence-corrected chi connectivity index (χ1v) is 13.5. The van der Waals surface area contributed by atoms with Gasteiger partial charge in [0.1, 0.15) is 0 Å². The number of rotatable bonds is 8. The second kappa shape index (κ2) is 11.5. The Balaban J connectivity index is 1.41. The number of nitrogens with zero attached hydrogens (tertiary/aromatic N) is 5.